The number of hydrogen-bond acceptors (Lipinski definition) is 5. The van der Waals surface area contributed by atoms with Crippen LogP contribution < -0.4 is 5.73 Å². The Balaban J connectivity index is 2.22. The summed E-state index contributed by atoms with van der Waals surface area (Å²) in [5, 5.41) is 0. The summed E-state index contributed by atoms with van der Waals surface area (Å²) in [5.74, 6) is 0.523. The second-order valence-electron chi connectivity index (χ2n) is 6.10. The molecule has 0 spiro atoms. The summed E-state index contributed by atoms with van der Waals surface area (Å²) in [6.45, 7) is 7.04. The van der Waals surface area contributed by atoms with Crippen LogP contribution in [-0.2, 0) is 14.6 Å². The van der Waals surface area contributed by atoms with Gasteiger partial charge in [-0.2, -0.15) is 0 Å². The van der Waals surface area contributed by atoms with Crippen LogP contribution in [0.3, 0.4) is 0 Å². The third kappa shape index (κ3) is 2.57. The highest BCUT2D eigenvalue weighted by Gasteiger charge is 2.47. The van der Waals surface area contributed by atoms with E-state index in [0.717, 1.165) is 6.54 Å². The van der Waals surface area contributed by atoms with Gasteiger partial charge in [0.05, 0.1) is 24.7 Å². The van der Waals surface area contributed by atoms with Gasteiger partial charge in [0.1, 0.15) is 9.84 Å². The van der Waals surface area contributed by atoms with Crippen molar-refractivity contribution < 1.29 is 13.2 Å². The fourth-order valence-corrected chi connectivity index (χ4v) is 4.83. The van der Waals surface area contributed by atoms with Crippen molar-refractivity contribution in [2.45, 2.75) is 37.8 Å². The summed E-state index contributed by atoms with van der Waals surface area (Å²) in [6, 6.07) is 0. The van der Waals surface area contributed by atoms with Crippen molar-refractivity contribution >= 4 is 9.84 Å². The summed E-state index contributed by atoms with van der Waals surface area (Å²) >= 11 is 0. The number of rotatable bonds is 2. The molecule has 2 N–H and O–H groups in total. The summed E-state index contributed by atoms with van der Waals surface area (Å²) < 4.78 is 28.8. The predicted molar refractivity (Wildman–Crippen MR) is 71.3 cm³/mol. The maximum atomic E-state index is 11.6. The van der Waals surface area contributed by atoms with Crippen molar-refractivity contribution in [1.29, 1.82) is 0 Å². The van der Waals surface area contributed by atoms with Crippen LogP contribution in [0, 0.1) is 0 Å². The van der Waals surface area contributed by atoms with Crippen molar-refractivity contribution in [3.05, 3.63) is 0 Å². The summed E-state index contributed by atoms with van der Waals surface area (Å²) in [4.78, 5) is 2.39. The van der Waals surface area contributed by atoms with Gasteiger partial charge >= 0.3 is 0 Å². The van der Waals surface area contributed by atoms with Gasteiger partial charge in [0.2, 0.25) is 0 Å². The molecule has 0 aliphatic carbocycles. The third-order valence-electron chi connectivity index (χ3n) is 4.35. The van der Waals surface area contributed by atoms with Crippen LogP contribution in [0.25, 0.3) is 0 Å². The average molecular weight is 276 g/mol. The zero-order valence-electron chi connectivity index (χ0n) is 11.3. The van der Waals surface area contributed by atoms with E-state index >= 15 is 0 Å². The number of morpholine rings is 1. The molecular weight excluding hydrogens is 252 g/mol. The minimum atomic E-state index is -2.85. The predicted octanol–water partition coefficient (Wildman–Crippen LogP) is 0.00330. The molecule has 5 nitrogen and oxygen atoms in total. The van der Waals surface area contributed by atoms with E-state index in [1.807, 2.05) is 0 Å². The first-order valence-corrected chi connectivity index (χ1v) is 8.40. The molecule has 0 amide bonds. The normalized spacial score (nSPS) is 31.1. The second-order valence-corrected chi connectivity index (χ2v) is 8.40. The Hall–Kier alpha value is -0.170. The molecule has 18 heavy (non-hydrogen) atoms. The molecule has 6 heteroatoms. The first-order valence-electron chi connectivity index (χ1n) is 6.57. The van der Waals surface area contributed by atoms with E-state index < -0.39 is 9.84 Å². The van der Waals surface area contributed by atoms with Crippen LogP contribution in [0.1, 0.15) is 26.7 Å². The van der Waals surface area contributed by atoms with Gasteiger partial charge in [0, 0.05) is 24.2 Å². The van der Waals surface area contributed by atoms with Gasteiger partial charge in [-0.05, 0) is 26.7 Å². The first kappa shape index (κ1) is 14.2. The molecule has 0 bridgehead atoms. The van der Waals surface area contributed by atoms with E-state index in [4.69, 9.17) is 10.5 Å². The van der Waals surface area contributed by atoms with Crippen LogP contribution >= 0.6 is 0 Å². The van der Waals surface area contributed by atoms with Gasteiger partial charge < -0.3 is 10.5 Å². The lowest BCUT2D eigenvalue weighted by atomic mass is 9.84. The molecule has 0 saturated carbocycles. The lowest BCUT2D eigenvalue weighted by Crippen LogP contribution is -2.67. The van der Waals surface area contributed by atoms with Gasteiger partial charge in [-0.25, -0.2) is 8.42 Å². The molecule has 0 aromatic carbocycles. The topological polar surface area (TPSA) is 72.6 Å². The number of sulfone groups is 1. The summed E-state index contributed by atoms with van der Waals surface area (Å²) in [5.41, 5.74) is 5.76. The van der Waals surface area contributed by atoms with E-state index in [-0.39, 0.29) is 22.6 Å². The lowest BCUT2D eigenvalue weighted by molar-refractivity contribution is -0.106. The minimum Gasteiger partial charge on any atom is -0.378 e. The monoisotopic (exact) mass is 276 g/mol. The quantitative estimate of drug-likeness (QED) is 0.769. The Morgan fingerprint density at radius 3 is 2.39 bits per heavy atom. The molecule has 2 aliphatic rings. The Bertz CT molecular complexity index is 392. The summed E-state index contributed by atoms with van der Waals surface area (Å²) in [7, 11) is -2.85. The number of nitrogens with zero attached hydrogens (tertiary/aromatic N) is 1. The third-order valence-corrected chi connectivity index (χ3v) is 6.01. The molecule has 0 aromatic rings. The smallest absolute Gasteiger partial charge is 0.150 e. The van der Waals surface area contributed by atoms with Crippen LogP contribution in [0.4, 0.5) is 0 Å². The van der Waals surface area contributed by atoms with E-state index in [1.165, 1.54) is 0 Å². The largest absolute Gasteiger partial charge is 0.378 e. The van der Waals surface area contributed by atoms with E-state index in [2.05, 4.69) is 18.7 Å². The van der Waals surface area contributed by atoms with E-state index in [9.17, 15) is 8.42 Å². The van der Waals surface area contributed by atoms with Gasteiger partial charge in [0.25, 0.3) is 0 Å². The van der Waals surface area contributed by atoms with Crippen molar-refractivity contribution in [2.24, 2.45) is 5.73 Å². The molecule has 2 saturated heterocycles. The Morgan fingerprint density at radius 2 is 1.89 bits per heavy atom. The van der Waals surface area contributed by atoms with Crippen molar-refractivity contribution in [3.8, 4) is 0 Å². The first-order chi connectivity index (χ1) is 8.31. The highest BCUT2D eigenvalue weighted by Crippen LogP contribution is 2.36. The molecule has 0 unspecified atom stereocenters. The average Bonchev–Trinajstić information content (AvgIpc) is 2.30. The Labute approximate surface area is 110 Å². The van der Waals surface area contributed by atoms with Crippen LogP contribution in [0.15, 0.2) is 0 Å². The minimum absolute atomic E-state index is 0.0707. The SMILES string of the molecule is CC1(C)COCCN1C1(CN)CCS(=O)(=O)CC1. The lowest BCUT2D eigenvalue weighted by Gasteiger charge is -2.55. The molecular formula is C12H24N2O3S. The van der Waals surface area contributed by atoms with Crippen molar-refractivity contribution in [2.75, 3.05) is 37.8 Å². The van der Waals surface area contributed by atoms with Crippen LogP contribution in [0.2, 0.25) is 0 Å². The van der Waals surface area contributed by atoms with Gasteiger partial charge in [-0.15, -0.1) is 0 Å². The van der Waals surface area contributed by atoms with Crippen molar-refractivity contribution in [1.82, 2.24) is 4.90 Å². The number of nitrogens with two attached hydrogens (primary N) is 1. The Morgan fingerprint density at radius 1 is 1.28 bits per heavy atom. The highest BCUT2D eigenvalue weighted by atomic mass is 32.2. The fraction of sp³-hybridized carbons (Fsp3) is 1.00. The molecule has 2 fully saturated rings. The standard InChI is InChI=1S/C12H24N2O3S/c1-11(2)10-17-6-5-14(11)12(9-13)3-7-18(15,16)8-4-12/h3-10,13H2,1-2H3. The number of ether oxygens (including phenoxy) is 1. The van der Waals surface area contributed by atoms with E-state index in [1.54, 1.807) is 0 Å². The van der Waals surface area contributed by atoms with E-state index in [0.29, 0.717) is 32.6 Å². The molecule has 0 radical (unpaired) electrons. The molecule has 2 rings (SSSR count). The fourth-order valence-electron chi connectivity index (χ4n) is 3.24. The van der Waals surface area contributed by atoms with Gasteiger partial charge in [-0.1, -0.05) is 0 Å². The van der Waals surface area contributed by atoms with Crippen LogP contribution in [0.5, 0.6) is 0 Å². The van der Waals surface area contributed by atoms with Crippen molar-refractivity contribution in [3.63, 3.8) is 0 Å². The van der Waals surface area contributed by atoms with Crippen LogP contribution in [-0.4, -0.2) is 62.2 Å². The molecule has 2 aliphatic heterocycles. The van der Waals surface area contributed by atoms with Gasteiger partial charge in [-0.3, -0.25) is 4.90 Å². The maximum absolute atomic E-state index is 11.6. The Kier molecular flexibility index (Phi) is 3.75. The zero-order chi connectivity index (χ0) is 13.4. The molecule has 106 valence electrons. The summed E-state index contributed by atoms with van der Waals surface area (Å²) in [6.07, 6.45) is 1.30. The molecule has 2 heterocycles. The van der Waals surface area contributed by atoms with Gasteiger partial charge in [0.15, 0.2) is 0 Å². The maximum Gasteiger partial charge on any atom is 0.150 e. The second kappa shape index (κ2) is 4.74. The zero-order valence-corrected chi connectivity index (χ0v) is 12.1. The molecule has 0 aromatic heterocycles. The number of hydrogen-bond donors (Lipinski definition) is 1. The molecule has 0 atom stereocenters. The highest BCUT2D eigenvalue weighted by molar-refractivity contribution is 7.91.